The first kappa shape index (κ1) is 36.9. The predicted octanol–water partition coefficient (Wildman–Crippen LogP) is 7.51. The number of carbonyl (C=O) groups excluding carboxylic acids is 2. The molecule has 2 saturated heterocycles. The lowest BCUT2D eigenvalue weighted by atomic mass is 9.96. The lowest BCUT2D eigenvalue weighted by Crippen LogP contribution is -2.40. The number of aromatic nitrogens is 2. The first-order chi connectivity index (χ1) is 23.4. The maximum Gasteiger partial charge on any atom is 0.419 e. The van der Waals surface area contributed by atoms with Gasteiger partial charge < -0.3 is 19.7 Å². The number of likely N-dealkylation sites (tertiary alicyclic amines) is 1. The second-order valence-corrected chi connectivity index (χ2v) is 13.5. The van der Waals surface area contributed by atoms with Crippen LogP contribution in [0.3, 0.4) is 0 Å². The van der Waals surface area contributed by atoms with Crippen molar-refractivity contribution in [2.75, 3.05) is 37.0 Å². The summed E-state index contributed by atoms with van der Waals surface area (Å²) in [6.07, 6.45) is -5.10. The van der Waals surface area contributed by atoms with Gasteiger partial charge in [-0.05, 0) is 94.0 Å². The largest absolute Gasteiger partial charge is 0.496 e. The lowest BCUT2D eigenvalue weighted by Gasteiger charge is -2.33. The van der Waals surface area contributed by atoms with Crippen LogP contribution >= 0.6 is 0 Å². The average molecular weight is 708 g/mol. The lowest BCUT2D eigenvalue weighted by molar-refractivity contribution is -0.177. The molecule has 1 N–H and O–H groups in total. The molecular formula is C35H39F6N5O4. The Morgan fingerprint density at radius 1 is 0.920 bits per heavy atom. The molecule has 0 bridgehead atoms. The number of halogens is 6. The zero-order chi connectivity index (χ0) is 36.4. The molecule has 0 saturated carbocycles. The molecule has 0 unspecified atom stereocenters. The summed E-state index contributed by atoms with van der Waals surface area (Å²) in [6.45, 7) is 6.49. The van der Waals surface area contributed by atoms with Crippen molar-refractivity contribution in [2.24, 2.45) is 5.92 Å². The van der Waals surface area contributed by atoms with Crippen molar-refractivity contribution in [3.63, 3.8) is 0 Å². The quantitative estimate of drug-likeness (QED) is 0.190. The number of anilines is 2. The number of piperidine rings is 1. The Morgan fingerprint density at radius 2 is 1.64 bits per heavy atom. The van der Waals surface area contributed by atoms with E-state index in [2.05, 4.69) is 15.3 Å². The van der Waals surface area contributed by atoms with E-state index in [9.17, 15) is 35.9 Å². The summed E-state index contributed by atoms with van der Waals surface area (Å²) in [7, 11) is 1.12. The van der Waals surface area contributed by atoms with Crippen LogP contribution in [0.25, 0.3) is 11.1 Å². The summed E-state index contributed by atoms with van der Waals surface area (Å²) >= 11 is 0. The monoisotopic (exact) mass is 707 g/mol. The molecule has 1 amide bonds. The molecule has 0 spiro atoms. The van der Waals surface area contributed by atoms with Gasteiger partial charge in [-0.1, -0.05) is 12.1 Å². The zero-order valence-electron chi connectivity index (χ0n) is 28.1. The van der Waals surface area contributed by atoms with Crippen LogP contribution in [0.5, 0.6) is 5.75 Å². The maximum absolute atomic E-state index is 13.8. The second-order valence-electron chi connectivity index (χ2n) is 13.5. The summed E-state index contributed by atoms with van der Waals surface area (Å²) in [6, 6.07) is 6.18. The molecule has 2 aliphatic heterocycles. The fourth-order valence-corrected chi connectivity index (χ4v) is 6.31. The summed E-state index contributed by atoms with van der Waals surface area (Å²) in [5, 5.41) is 2.69. The molecule has 3 aromatic rings. The molecule has 3 heterocycles. The molecule has 2 aliphatic rings. The van der Waals surface area contributed by atoms with E-state index in [0.29, 0.717) is 43.7 Å². The Kier molecular flexibility index (Phi) is 10.7. The molecular weight excluding hydrogens is 668 g/mol. The van der Waals surface area contributed by atoms with E-state index in [1.165, 1.54) is 41.6 Å². The number of methoxy groups -OCH3 is 1. The van der Waals surface area contributed by atoms with Crippen molar-refractivity contribution in [3.8, 4) is 16.9 Å². The Hall–Kier alpha value is -4.40. The number of ether oxygens (including phenoxy) is 2. The van der Waals surface area contributed by atoms with Gasteiger partial charge in [-0.2, -0.15) is 26.3 Å². The first-order valence-electron chi connectivity index (χ1n) is 16.2. The Labute approximate surface area is 286 Å². The molecule has 15 heteroatoms. The van der Waals surface area contributed by atoms with E-state index in [1.54, 1.807) is 0 Å². The third-order valence-electron chi connectivity index (χ3n) is 8.72. The van der Waals surface area contributed by atoms with Crippen LogP contribution in [0.1, 0.15) is 68.1 Å². The fraction of sp³-hybridized carbons (Fsp3) is 0.486. The molecule has 9 nitrogen and oxygen atoms in total. The Balaban J connectivity index is 1.34. The summed E-state index contributed by atoms with van der Waals surface area (Å²) in [5.41, 5.74) is -0.686. The normalized spacial score (nSPS) is 17.9. The molecule has 270 valence electrons. The van der Waals surface area contributed by atoms with Crippen molar-refractivity contribution in [1.29, 1.82) is 0 Å². The Bertz CT molecular complexity index is 1680. The zero-order valence-corrected chi connectivity index (χ0v) is 28.1. The van der Waals surface area contributed by atoms with E-state index in [1.807, 2.05) is 25.7 Å². The van der Waals surface area contributed by atoms with Crippen LogP contribution < -0.4 is 15.0 Å². The van der Waals surface area contributed by atoms with Crippen molar-refractivity contribution in [3.05, 3.63) is 65.6 Å². The van der Waals surface area contributed by atoms with Gasteiger partial charge in [0, 0.05) is 25.3 Å². The van der Waals surface area contributed by atoms with Gasteiger partial charge in [-0.3, -0.25) is 14.5 Å². The van der Waals surface area contributed by atoms with Gasteiger partial charge in [0.25, 0.3) is 5.91 Å². The van der Waals surface area contributed by atoms with Crippen LogP contribution in [0, 0.1) is 5.92 Å². The topological polar surface area (TPSA) is 96.9 Å². The molecule has 1 aromatic heterocycles. The molecule has 50 heavy (non-hydrogen) atoms. The van der Waals surface area contributed by atoms with E-state index in [-0.39, 0.29) is 59.7 Å². The minimum Gasteiger partial charge on any atom is -0.496 e. The van der Waals surface area contributed by atoms with E-state index >= 15 is 0 Å². The summed E-state index contributed by atoms with van der Waals surface area (Å²) in [4.78, 5) is 37.5. The van der Waals surface area contributed by atoms with Crippen LogP contribution in [-0.2, 0) is 22.3 Å². The SMILES string of the molecule is COc1ccc(-c2ccc(NC(=O)c3cnc(N4CCC(C(=O)OC(C)(C)C)CC4)cn3)cc2CN2CCC[C@H]2C(F)(F)F)cc1C(F)(F)F. The van der Waals surface area contributed by atoms with Gasteiger partial charge in [0.15, 0.2) is 0 Å². The van der Waals surface area contributed by atoms with Crippen molar-refractivity contribution in [2.45, 2.75) is 77.0 Å². The van der Waals surface area contributed by atoms with Crippen LogP contribution in [0.2, 0.25) is 0 Å². The number of hydrogen-bond donors (Lipinski definition) is 1. The standard InChI is InChI=1S/C35H39F6N5O4/c1-33(2,3)50-32(48)21-11-14-45(15-12-21)30-19-42-27(18-43-30)31(47)44-24-8-9-25(22-7-10-28(49-4)26(17-22)34(36,37)38)23(16-24)20-46-13-5-6-29(46)35(39,40)41/h7-10,16-19,21,29H,5-6,11-15,20H2,1-4H3,(H,44,47)/t29-/m0/s1. The number of alkyl halides is 6. The van der Waals surface area contributed by atoms with Crippen molar-refractivity contribution in [1.82, 2.24) is 14.9 Å². The third kappa shape index (κ3) is 8.84. The fourth-order valence-electron chi connectivity index (χ4n) is 6.31. The summed E-state index contributed by atoms with van der Waals surface area (Å²) < 4.78 is 93.4. The molecule has 0 radical (unpaired) electrons. The number of benzene rings is 2. The molecule has 5 rings (SSSR count). The number of nitrogens with one attached hydrogen (secondary N) is 1. The Morgan fingerprint density at radius 3 is 2.24 bits per heavy atom. The predicted molar refractivity (Wildman–Crippen MR) is 174 cm³/mol. The highest BCUT2D eigenvalue weighted by molar-refractivity contribution is 6.03. The molecule has 1 atom stereocenters. The number of esters is 1. The minimum atomic E-state index is -4.74. The first-order valence-corrected chi connectivity index (χ1v) is 16.2. The highest BCUT2D eigenvalue weighted by Gasteiger charge is 2.46. The number of nitrogens with zero attached hydrogens (tertiary/aromatic N) is 4. The van der Waals surface area contributed by atoms with Crippen LogP contribution in [0.15, 0.2) is 48.8 Å². The highest BCUT2D eigenvalue weighted by atomic mass is 19.4. The molecule has 2 aromatic carbocycles. The number of rotatable bonds is 8. The number of hydrogen-bond acceptors (Lipinski definition) is 8. The van der Waals surface area contributed by atoms with Crippen molar-refractivity contribution >= 4 is 23.4 Å². The van der Waals surface area contributed by atoms with Gasteiger partial charge >= 0.3 is 18.3 Å². The number of carbonyl (C=O) groups is 2. The van der Waals surface area contributed by atoms with Gasteiger partial charge in [0.05, 0.1) is 31.0 Å². The minimum absolute atomic E-state index is 0.0235. The van der Waals surface area contributed by atoms with Crippen LogP contribution in [0.4, 0.5) is 37.8 Å². The van der Waals surface area contributed by atoms with E-state index in [4.69, 9.17) is 9.47 Å². The summed E-state index contributed by atoms with van der Waals surface area (Å²) in [5.74, 6) is -0.952. The molecule has 2 fully saturated rings. The highest BCUT2D eigenvalue weighted by Crippen LogP contribution is 2.41. The van der Waals surface area contributed by atoms with Gasteiger partial charge in [0.2, 0.25) is 0 Å². The average Bonchev–Trinajstić information content (AvgIpc) is 3.53. The molecule has 0 aliphatic carbocycles. The van der Waals surface area contributed by atoms with Gasteiger partial charge in [-0.15, -0.1) is 0 Å². The van der Waals surface area contributed by atoms with E-state index < -0.39 is 35.5 Å². The van der Waals surface area contributed by atoms with Crippen LogP contribution in [-0.4, -0.2) is 71.3 Å². The third-order valence-corrected chi connectivity index (χ3v) is 8.72. The number of amides is 1. The van der Waals surface area contributed by atoms with Gasteiger partial charge in [-0.25, -0.2) is 9.97 Å². The van der Waals surface area contributed by atoms with Crippen molar-refractivity contribution < 1.29 is 45.4 Å². The smallest absolute Gasteiger partial charge is 0.419 e. The van der Waals surface area contributed by atoms with E-state index in [0.717, 1.165) is 19.2 Å². The second kappa shape index (κ2) is 14.4. The van der Waals surface area contributed by atoms with Gasteiger partial charge in [0.1, 0.15) is 28.9 Å². The maximum atomic E-state index is 13.8.